The average Bonchev–Trinajstić information content (AvgIpc) is 3.88. The minimum atomic E-state index is -1.98. The SMILES string of the molecule is CCc1c(F)ccc2cc(OCOC)cc(-c3ncc4c(N5CCOC[C@@](C)(O)C5)nc(OCC5(CO[Si](C)(C)C(C)(C)C)CC5)nc4c3F)c12. The first-order valence-electron chi connectivity index (χ1n) is 17.6. The number of hydrogen-bond acceptors (Lipinski definition) is 10. The van der Waals surface area contributed by atoms with Crippen molar-refractivity contribution in [3.63, 3.8) is 0 Å². The number of rotatable bonds is 12. The first-order valence-corrected chi connectivity index (χ1v) is 20.5. The Bertz CT molecular complexity index is 1910. The molecule has 4 aromatic rings. The molecule has 2 aliphatic rings. The molecular formula is C38H50F2N4O6Si. The van der Waals surface area contributed by atoms with E-state index in [2.05, 4.69) is 43.8 Å². The quantitative estimate of drug-likeness (QED) is 0.117. The number of hydrogen-bond donors (Lipinski definition) is 1. The molecule has 2 aromatic heterocycles. The predicted octanol–water partition coefficient (Wildman–Crippen LogP) is 7.44. The van der Waals surface area contributed by atoms with Crippen LogP contribution in [0.15, 0.2) is 30.5 Å². The summed E-state index contributed by atoms with van der Waals surface area (Å²) in [5, 5.41) is 12.7. The van der Waals surface area contributed by atoms with Crippen LogP contribution in [0.2, 0.25) is 18.1 Å². The molecule has 13 heteroatoms. The maximum absolute atomic E-state index is 17.1. The number of aryl methyl sites for hydroxylation is 1. The maximum atomic E-state index is 17.1. The molecule has 6 rings (SSSR count). The zero-order valence-electron chi connectivity index (χ0n) is 31.0. The molecule has 0 bridgehead atoms. The van der Waals surface area contributed by atoms with E-state index in [9.17, 15) is 5.11 Å². The van der Waals surface area contributed by atoms with Gasteiger partial charge in [0.05, 0.1) is 31.8 Å². The highest BCUT2D eigenvalue weighted by Gasteiger charge is 2.47. The van der Waals surface area contributed by atoms with Crippen LogP contribution in [0.1, 0.15) is 53.0 Å². The smallest absolute Gasteiger partial charge is 0.319 e. The lowest BCUT2D eigenvalue weighted by atomic mass is 9.94. The molecule has 51 heavy (non-hydrogen) atoms. The summed E-state index contributed by atoms with van der Waals surface area (Å²) in [5.41, 5.74) is -0.559. The van der Waals surface area contributed by atoms with Crippen molar-refractivity contribution in [3.05, 3.63) is 47.7 Å². The van der Waals surface area contributed by atoms with Gasteiger partial charge in [-0.15, -0.1) is 0 Å². The fourth-order valence-electron chi connectivity index (χ4n) is 6.20. The van der Waals surface area contributed by atoms with Crippen molar-refractivity contribution in [2.45, 2.75) is 77.6 Å². The molecule has 0 radical (unpaired) electrons. The van der Waals surface area contributed by atoms with Crippen molar-refractivity contribution < 1.29 is 37.3 Å². The molecule has 0 spiro atoms. The second-order valence-corrected chi connectivity index (χ2v) is 20.6. The highest BCUT2D eigenvalue weighted by atomic mass is 28.4. The van der Waals surface area contributed by atoms with Gasteiger partial charge in [0.15, 0.2) is 20.9 Å². The summed E-state index contributed by atoms with van der Waals surface area (Å²) in [5.74, 6) is -0.301. The number of fused-ring (bicyclic) bond motifs is 2. The van der Waals surface area contributed by atoms with Gasteiger partial charge in [-0.2, -0.15) is 9.97 Å². The maximum Gasteiger partial charge on any atom is 0.319 e. The highest BCUT2D eigenvalue weighted by molar-refractivity contribution is 6.74. The molecule has 1 saturated carbocycles. The Morgan fingerprint density at radius 2 is 1.84 bits per heavy atom. The van der Waals surface area contributed by atoms with Gasteiger partial charge in [0, 0.05) is 37.4 Å². The summed E-state index contributed by atoms with van der Waals surface area (Å²) < 4.78 is 61.8. The Balaban J connectivity index is 1.46. The van der Waals surface area contributed by atoms with Crippen LogP contribution in [0.5, 0.6) is 11.8 Å². The zero-order valence-corrected chi connectivity index (χ0v) is 32.0. The van der Waals surface area contributed by atoms with Crippen LogP contribution >= 0.6 is 0 Å². The first-order chi connectivity index (χ1) is 24.1. The van der Waals surface area contributed by atoms with Gasteiger partial charge in [-0.05, 0) is 78.9 Å². The lowest BCUT2D eigenvalue weighted by molar-refractivity contribution is -0.0123. The molecule has 2 aromatic carbocycles. The molecular weight excluding hydrogens is 675 g/mol. The van der Waals surface area contributed by atoms with Crippen molar-refractivity contribution in [1.29, 1.82) is 0 Å². The number of aromatic nitrogens is 3. The number of β-amino-alcohol motifs (C(OH)–C–C–N with tert-alkyl or cyclic N) is 1. The van der Waals surface area contributed by atoms with E-state index in [0.29, 0.717) is 71.6 Å². The summed E-state index contributed by atoms with van der Waals surface area (Å²) in [6.45, 7) is 16.6. The normalized spacial score (nSPS) is 19.4. The number of halogens is 2. The van der Waals surface area contributed by atoms with E-state index in [1.54, 1.807) is 25.1 Å². The van der Waals surface area contributed by atoms with Crippen LogP contribution in [0, 0.1) is 17.0 Å². The van der Waals surface area contributed by atoms with E-state index in [-0.39, 0.29) is 53.4 Å². The highest BCUT2D eigenvalue weighted by Crippen LogP contribution is 2.48. The summed E-state index contributed by atoms with van der Waals surface area (Å²) in [6, 6.07) is 6.49. The molecule has 1 aliphatic heterocycles. The van der Waals surface area contributed by atoms with Crippen LogP contribution in [0.3, 0.4) is 0 Å². The number of methoxy groups -OCH3 is 1. The van der Waals surface area contributed by atoms with Crippen molar-refractivity contribution in [3.8, 4) is 23.0 Å². The summed E-state index contributed by atoms with van der Waals surface area (Å²) in [4.78, 5) is 15.9. The van der Waals surface area contributed by atoms with Gasteiger partial charge in [0.1, 0.15) is 34.2 Å². The summed E-state index contributed by atoms with van der Waals surface area (Å²) >= 11 is 0. The molecule has 276 valence electrons. The van der Waals surface area contributed by atoms with Crippen LogP contribution < -0.4 is 14.4 Å². The number of nitrogens with zero attached hydrogens (tertiary/aromatic N) is 4. The van der Waals surface area contributed by atoms with Gasteiger partial charge in [0.2, 0.25) is 0 Å². The van der Waals surface area contributed by atoms with Gasteiger partial charge >= 0.3 is 6.01 Å². The molecule has 2 fully saturated rings. The van der Waals surface area contributed by atoms with Crippen molar-refractivity contribution in [2.24, 2.45) is 5.41 Å². The minimum Gasteiger partial charge on any atom is -0.468 e. The number of aliphatic hydroxyl groups is 1. The number of ether oxygens (including phenoxy) is 4. The van der Waals surface area contributed by atoms with E-state index < -0.39 is 19.7 Å². The van der Waals surface area contributed by atoms with E-state index in [1.165, 1.54) is 19.4 Å². The predicted molar refractivity (Wildman–Crippen MR) is 196 cm³/mol. The molecule has 0 unspecified atom stereocenters. The van der Waals surface area contributed by atoms with Crippen LogP contribution in [0.25, 0.3) is 32.9 Å². The van der Waals surface area contributed by atoms with Crippen LogP contribution in [0.4, 0.5) is 14.6 Å². The van der Waals surface area contributed by atoms with E-state index in [0.717, 1.165) is 12.8 Å². The van der Waals surface area contributed by atoms with Gasteiger partial charge in [-0.3, -0.25) is 4.98 Å². The third kappa shape index (κ3) is 7.82. The molecule has 10 nitrogen and oxygen atoms in total. The third-order valence-corrected chi connectivity index (χ3v) is 15.0. The fourth-order valence-corrected chi connectivity index (χ4v) is 7.30. The van der Waals surface area contributed by atoms with Gasteiger partial charge in [0.25, 0.3) is 0 Å². The first kappa shape index (κ1) is 37.3. The van der Waals surface area contributed by atoms with E-state index in [4.69, 9.17) is 28.4 Å². The third-order valence-electron chi connectivity index (χ3n) is 10.5. The molecule has 0 amide bonds. The number of benzene rings is 2. The molecule has 1 atom stereocenters. The fraction of sp³-hybridized carbons (Fsp3) is 0.553. The molecule has 1 aliphatic carbocycles. The monoisotopic (exact) mass is 724 g/mol. The van der Waals surface area contributed by atoms with Gasteiger partial charge < -0.3 is 33.4 Å². The minimum absolute atomic E-state index is 0.00186. The largest absolute Gasteiger partial charge is 0.468 e. The zero-order chi connectivity index (χ0) is 36.8. The van der Waals surface area contributed by atoms with Crippen LogP contribution in [-0.4, -0.2) is 87.4 Å². The molecule has 3 heterocycles. The Labute approximate surface area is 299 Å². The number of pyridine rings is 1. The van der Waals surface area contributed by atoms with E-state index >= 15 is 8.78 Å². The lowest BCUT2D eigenvalue weighted by Gasteiger charge is -2.37. The van der Waals surface area contributed by atoms with Gasteiger partial charge in [-0.1, -0.05) is 33.8 Å². The number of anilines is 1. The second kappa shape index (κ2) is 14.1. The topological polar surface area (TPSA) is 108 Å². The lowest BCUT2D eigenvalue weighted by Crippen LogP contribution is -2.42. The van der Waals surface area contributed by atoms with Crippen molar-refractivity contribution in [2.75, 3.05) is 58.3 Å². The Hall–Kier alpha value is -3.49. The van der Waals surface area contributed by atoms with E-state index in [1.807, 2.05) is 11.8 Å². The Morgan fingerprint density at radius 3 is 2.53 bits per heavy atom. The van der Waals surface area contributed by atoms with Gasteiger partial charge in [-0.25, -0.2) is 8.78 Å². The standard InChI is InChI=1S/C38H50F2N4O6Si/c1-9-26-29(39)11-10-24-16-25(49-23-46-6)17-27(30(24)26)32-31(40)33-28(18-41-32)34(44-14-15-47-20-37(5,45)19-44)43-35(42-33)48-21-38(12-13-38)22-50-51(7,8)36(2,3)4/h10-11,16-18,45H,9,12-15,19-23H2,1-8H3/t37-/m0/s1. The Morgan fingerprint density at radius 1 is 1.08 bits per heavy atom. The van der Waals surface area contributed by atoms with Crippen LogP contribution in [-0.2, 0) is 20.3 Å². The summed E-state index contributed by atoms with van der Waals surface area (Å²) in [7, 11) is -0.472. The Kier molecular flexibility index (Phi) is 10.3. The summed E-state index contributed by atoms with van der Waals surface area (Å²) in [6.07, 6.45) is 3.80. The molecule has 1 N–H and O–H groups in total. The van der Waals surface area contributed by atoms with Crippen molar-refractivity contribution in [1.82, 2.24) is 15.0 Å². The molecule has 1 saturated heterocycles. The second-order valence-electron chi connectivity index (χ2n) is 15.8. The van der Waals surface area contributed by atoms with Crippen molar-refractivity contribution >= 4 is 35.8 Å². The average molecular weight is 725 g/mol.